The van der Waals surface area contributed by atoms with Crippen molar-refractivity contribution in [2.24, 2.45) is 4.99 Å². The average molecular weight is 425 g/mol. The van der Waals surface area contributed by atoms with Gasteiger partial charge < -0.3 is 0 Å². The van der Waals surface area contributed by atoms with E-state index in [-0.39, 0.29) is 0 Å². The lowest BCUT2D eigenvalue weighted by molar-refractivity contribution is 0.318. The summed E-state index contributed by atoms with van der Waals surface area (Å²) in [5, 5.41) is 0. The van der Waals surface area contributed by atoms with Crippen molar-refractivity contribution in [3.63, 3.8) is 0 Å². The molecule has 0 fully saturated rings. The molecule has 0 amide bonds. The highest BCUT2D eigenvalue weighted by atomic mass is 15.1. The summed E-state index contributed by atoms with van der Waals surface area (Å²) in [4.78, 5) is 16.3. The van der Waals surface area contributed by atoms with Gasteiger partial charge in [-0.15, -0.1) is 0 Å². The van der Waals surface area contributed by atoms with E-state index in [0.717, 1.165) is 56.0 Å². The van der Waals surface area contributed by atoms with E-state index in [9.17, 15) is 0 Å². The monoisotopic (exact) mass is 424 g/mol. The Morgan fingerprint density at radius 1 is 1.00 bits per heavy atom. The van der Waals surface area contributed by atoms with Crippen molar-refractivity contribution in [1.29, 1.82) is 0 Å². The first-order valence-corrected chi connectivity index (χ1v) is 11.6. The van der Waals surface area contributed by atoms with Crippen LogP contribution in [0.3, 0.4) is 0 Å². The summed E-state index contributed by atoms with van der Waals surface area (Å²) in [6.07, 6.45) is 8.93. The number of hydrogen-bond donors (Lipinski definition) is 0. The number of pyridine rings is 2. The van der Waals surface area contributed by atoms with E-state index in [1.807, 2.05) is 19.3 Å². The third kappa shape index (κ3) is 5.57. The zero-order valence-corrected chi connectivity index (χ0v) is 19.4. The number of nitrogens with zero attached hydrogens (tertiary/aromatic N) is 4. The molecular weight excluding hydrogens is 392 g/mol. The summed E-state index contributed by atoms with van der Waals surface area (Å²) in [5.74, 6) is 0. The SMILES string of the molecule is CCC(Cc1ccc(-c2ccnc(C)c2)cc1)=Nc1ccc(C2=CCN(CC)CC2)nc1. The Morgan fingerprint density at radius 3 is 2.47 bits per heavy atom. The molecule has 4 nitrogen and oxygen atoms in total. The van der Waals surface area contributed by atoms with Crippen molar-refractivity contribution < 1.29 is 0 Å². The summed E-state index contributed by atoms with van der Waals surface area (Å²) in [6.45, 7) is 9.65. The first-order chi connectivity index (χ1) is 15.6. The lowest BCUT2D eigenvalue weighted by atomic mass is 10.0. The number of likely N-dealkylation sites (N-methyl/N-ethyl adjacent to an activating group) is 1. The van der Waals surface area contributed by atoms with Gasteiger partial charge in [0, 0.05) is 37.1 Å². The smallest absolute Gasteiger partial charge is 0.0812 e. The molecule has 0 aliphatic carbocycles. The van der Waals surface area contributed by atoms with Crippen LogP contribution in [0.1, 0.15) is 43.6 Å². The lowest BCUT2D eigenvalue weighted by Gasteiger charge is -2.24. The highest BCUT2D eigenvalue weighted by Crippen LogP contribution is 2.23. The Kier molecular flexibility index (Phi) is 7.23. The minimum absolute atomic E-state index is 0.853. The predicted octanol–water partition coefficient (Wildman–Crippen LogP) is 6.29. The van der Waals surface area contributed by atoms with Crippen LogP contribution in [0.2, 0.25) is 0 Å². The Labute approximate surface area is 191 Å². The van der Waals surface area contributed by atoms with Gasteiger partial charge in [0.15, 0.2) is 0 Å². The fraction of sp³-hybridized carbons (Fsp3) is 0.321. The normalized spacial score (nSPS) is 15.0. The van der Waals surface area contributed by atoms with Gasteiger partial charge in [-0.05, 0) is 72.8 Å². The van der Waals surface area contributed by atoms with Gasteiger partial charge in [-0.1, -0.05) is 44.2 Å². The molecule has 0 radical (unpaired) electrons. The van der Waals surface area contributed by atoms with Gasteiger partial charge in [0.2, 0.25) is 0 Å². The van der Waals surface area contributed by atoms with Crippen LogP contribution >= 0.6 is 0 Å². The molecule has 4 heteroatoms. The van der Waals surface area contributed by atoms with Gasteiger partial charge in [0.1, 0.15) is 0 Å². The molecule has 0 unspecified atom stereocenters. The Morgan fingerprint density at radius 2 is 1.84 bits per heavy atom. The van der Waals surface area contributed by atoms with E-state index >= 15 is 0 Å². The number of rotatable bonds is 7. The maximum atomic E-state index is 4.89. The average Bonchev–Trinajstić information content (AvgIpc) is 2.84. The fourth-order valence-corrected chi connectivity index (χ4v) is 4.08. The van der Waals surface area contributed by atoms with Crippen LogP contribution in [-0.2, 0) is 6.42 Å². The van der Waals surface area contributed by atoms with E-state index in [2.05, 4.69) is 78.3 Å². The summed E-state index contributed by atoms with van der Waals surface area (Å²) in [6, 6.07) is 17.2. The van der Waals surface area contributed by atoms with E-state index in [1.165, 1.54) is 28.0 Å². The van der Waals surface area contributed by atoms with E-state index in [1.54, 1.807) is 0 Å². The maximum absolute atomic E-state index is 4.89. The van der Waals surface area contributed by atoms with Crippen molar-refractivity contribution in [2.45, 2.75) is 40.0 Å². The van der Waals surface area contributed by atoms with Gasteiger partial charge in [-0.3, -0.25) is 19.9 Å². The van der Waals surface area contributed by atoms with Crippen LogP contribution in [0, 0.1) is 6.92 Å². The van der Waals surface area contributed by atoms with Crippen molar-refractivity contribution >= 4 is 17.0 Å². The van der Waals surface area contributed by atoms with Crippen LogP contribution in [0.5, 0.6) is 0 Å². The molecule has 1 aliphatic rings. The van der Waals surface area contributed by atoms with Crippen molar-refractivity contribution in [1.82, 2.24) is 14.9 Å². The Bertz CT molecular complexity index is 1100. The van der Waals surface area contributed by atoms with Crippen molar-refractivity contribution in [3.05, 3.63) is 84.0 Å². The topological polar surface area (TPSA) is 41.4 Å². The highest BCUT2D eigenvalue weighted by Gasteiger charge is 2.12. The quantitative estimate of drug-likeness (QED) is 0.419. The minimum Gasteiger partial charge on any atom is -0.300 e. The van der Waals surface area contributed by atoms with Crippen LogP contribution in [-0.4, -0.2) is 40.2 Å². The minimum atomic E-state index is 0.853. The number of aliphatic imine (C=N–C) groups is 1. The molecule has 2 aromatic heterocycles. The van der Waals surface area contributed by atoms with Gasteiger partial charge in [-0.25, -0.2) is 0 Å². The number of benzene rings is 1. The van der Waals surface area contributed by atoms with Crippen LogP contribution < -0.4 is 0 Å². The number of aryl methyl sites for hydroxylation is 1. The van der Waals surface area contributed by atoms with Crippen LogP contribution in [0.25, 0.3) is 16.7 Å². The zero-order chi connectivity index (χ0) is 22.3. The van der Waals surface area contributed by atoms with Gasteiger partial charge >= 0.3 is 0 Å². The van der Waals surface area contributed by atoms with Crippen LogP contribution in [0.15, 0.2) is 72.0 Å². The molecule has 0 bridgehead atoms. The highest BCUT2D eigenvalue weighted by molar-refractivity contribution is 5.88. The molecule has 0 atom stereocenters. The van der Waals surface area contributed by atoms with Crippen molar-refractivity contribution in [3.8, 4) is 11.1 Å². The van der Waals surface area contributed by atoms with Gasteiger partial charge in [0.05, 0.1) is 17.6 Å². The van der Waals surface area contributed by atoms with Gasteiger partial charge in [0.25, 0.3) is 0 Å². The molecule has 4 rings (SSSR count). The van der Waals surface area contributed by atoms with E-state index in [4.69, 9.17) is 9.98 Å². The fourth-order valence-electron chi connectivity index (χ4n) is 4.08. The number of aromatic nitrogens is 2. The summed E-state index contributed by atoms with van der Waals surface area (Å²) in [5.41, 5.74) is 9.27. The number of hydrogen-bond acceptors (Lipinski definition) is 4. The molecule has 3 heterocycles. The maximum Gasteiger partial charge on any atom is 0.0812 e. The summed E-state index contributed by atoms with van der Waals surface area (Å²) >= 11 is 0. The Hall–Kier alpha value is -3.11. The first-order valence-electron chi connectivity index (χ1n) is 11.6. The molecular formula is C28H32N4. The van der Waals surface area contributed by atoms with E-state index < -0.39 is 0 Å². The lowest BCUT2D eigenvalue weighted by Crippen LogP contribution is -2.28. The summed E-state index contributed by atoms with van der Waals surface area (Å²) < 4.78 is 0. The second-order valence-electron chi connectivity index (χ2n) is 8.37. The molecule has 1 aromatic carbocycles. The molecule has 3 aromatic rings. The third-order valence-corrected chi connectivity index (χ3v) is 6.10. The first kappa shape index (κ1) is 22.1. The second kappa shape index (κ2) is 10.5. The van der Waals surface area contributed by atoms with Gasteiger partial charge in [-0.2, -0.15) is 0 Å². The zero-order valence-electron chi connectivity index (χ0n) is 19.4. The molecule has 0 saturated heterocycles. The van der Waals surface area contributed by atoms with Crippen molar-refractivity contribution in [2.75, 3.05) is 19.6 Å². The molecule has 0 spiro atoms. The molecule has 32 heavy (non-hydrogen) atoms. The largest absolute Gasteiger partial charge is 0.300 e. The molecule has 1 aliphatic heterocycles. The molecule has 0 saturated carbocycles. The standard InChI is InChI=1S/C28H32N4/c1-4-26(19-22-6-8-23(9-7-22)25-12-15-29-21(3)18-25)31-27-10-11-28(30-20-27)24-13-16-32(5-2)17-14-24/h6-13,15,18,20H,4-5,14,16-17,19H2,1-3H3. The second-order valence-corrected chi connectivity index (χ2v) is 8.37. The van der Waals surface area contributed by atoms with Crippen LogP contribution in [0.4, 0.5) is 5.69 Å². The summed E-state index contributed by atoms with van der Waals surface area (Å²) in [7, 11) is 0. The molecule has 0 N–H and O–H groups in total. The molecule has 164 valence electrons. The predicted molar refractivity (Wildman–Crippen MR) is 134 cm³/mol. The third-order valence-electron chi connectivity index (χ3n) is 6.10. The Balaban J connectivity index is 1.43. The van der Waals surface area contributed by atoms with E-state index in [0.29, 0.717) is 0 Å².